The normalized spacial score (nSPS) is 14.6. The molecule has 23 heavy (non-hydrogen) atoms. The standard InChI is InChI=1S/C16H16Cl2N4O/c17-11-4-5-13(12(18)8-11)21-15-9-14(19-10-20-15)16(23)22-6-2-1-3-7-22/h4-5,8-10H,1-3,6-7H2,(H,19,20,21). The Labute approximate surface area is 144 Å². The van der Waals surface area contributed by atoms with Crippen molar-refractivity contribution in [2.75, 3.05) is 18.4 Å². The van der Waals surface area contributed by atoms with Gasteiger partial charge in [0.2, 0.25) is 0 Å². The topological polar surface area (TPSA) is 58.1 Å². The van der Waals surface area contributed by atoms with E-state index in [9.17, 15) is 4.79 Å². The van der Waals surface area contributed by atoms with Crippen molar-refractivity contribution in [1.29, 1.82) is 0 Å². The molecule has 0 atom stereocenters. The maximum absolute atomic E-state index is 12.5. The van der Waals surface area contributed by atoms with Gasteiger partial charge in [0.05, 0.1) is 10.7 Å². The van der Waals surface area contributed by atoms with Gasteiger partial charge in [-0.05, 0) is 37.5 Å². The third-order valence-corrected chi connectivity index (χ3v) is 4.27. The summed E-state index contributed by atoms with van der Waals surface area (Å²) in [5, 5.41) is 4.13. The first kappa shape index (κ1) is 16.0. The molecule has 2 aromatic rings. The monoisotopic (exact) mass is 350 g/mol. The lowest BCUT2D eigenvalue weighted by Gasteiger charge is -2.26. The number of likely N-dealkylation sites (tertiary alicyclic amines) is 1. The molecule has 1 saturated heterocycles. The lowest BCUT2D eigenvalue weighted by atomic mass is 10.1. The molecule has 5 nitrogen and oxygen atoms in total. The fourth-order valence-electron chi connectivity index (χ4n) is 2.53. The van der Waals surface area contributed by atoms with Crippen LogP contribution in [0.3, 0.4) is 0 Å². The molecule has 1 amide bonds. The molecule has 0 saturated carbocycles. The smallest absolute Gasteiger partial charge is 0.272 e. The van der Waals surface area contributed by atoms with E-state index in [-0.39, 0.29) is 5.91 Å². The molecule has 1 aliphatic rings. The minimum absolute atomic E-state index is 0.0580. The van der Waals surface area contributed by atoms with Gasteiger partial charge in [-0.1, -0.05) is 23.2 Å². The lowest BCUT2D eigenvalue weighted by Crippen LogP contribution is -2.36. The van der Waals surface area contributed by atoms with E-state index in [0.29, 0.717) is 27.2 Å². The van der Waals surface area contributed by atoms with E-state index in [1.165, 1.54) is 12.7 Å². The fourth-order valence-corrected chi connectivity index (χ4v) is 2.99. The van der Waals surface area contributed by atoms with Crippen LogP contribution >= 0.6 is 23.2 Å². The number of carbonyl (C=O) groups is 1. The van der Waals surface area contributed by atoms with Crippen LogP contribution in [0.4, 0.5) is 11.5 Å². The first-order valence-electron chi connectivity index (χ1n) is 7.47. The highest BCUT2D eigenvalue weighted by Gasteiger charge is 2.19. The van der Waals surface area contributed by atoms with Crippen LogP contribution in [0, 0.1) is 0 Å². The van der Waals surface area contributed by atoms with Crippen molar-refractivity contribution in [2.45, 2.75) is 19.3 Å². The number of piperidine rings is 1. The van der Waals surface area contributed by atoms with Crippen molar-refractivity contribution in [1.82, 2.24) is 14.9 Å². The largest absolute Gasteiger partial charge is 0.339 e. The molecule has 0 bridgehead atoms. The second-order valence-electron chi connectivity index (χ2n) is 5.39. The van der Waals surface area contributed by atoms with Crippen LogP contribution in [0.1, 0.15) is 29.8 Å². The van der Waals surface area contributed by atoms with E-state index in [0.717, 1.165) is 25.9 Å². The second-order valence-corrected chi connectivity index (χ2v) is 6.23. The van der Waals surface area contributed by atoms with Gasteiger partial charge >= 0.3 is 0 Å². The number of benzene rings is 1. The summed E-state index contributed by atoms with van der Waals surface area (Å²) in [6.45, 7) is 1.57. The van der Waals surface area contributed by atoms with Gasteiger partial charge in [-0.2, -0.15) is 0 Å². The molecule has 1 aromatic heterocycles. The van der Waals surface area contributed by atoms with Crippen molar-refractivity contribution < 1.29 is 4.79 Å². The van der Waals surface area contributed by atoms with Gasteiger partial charge in [0, 0.05) is 24.2 Å². The van der Waals surface area contributed by atoms with Crippen LogP contribution in [-0.2, 0) is 0 Å². The summed E-state index contributed by atoms with van der Waals surface area (Å²) in [6, 6.07) is 6.78. The van der Waals surface area contributed by atoms with Crippen molar-refractivity contribution in [3.8, 4) is 0 Å². The highest BCUT2D eigenvalue weighted by molar-refractivity contribution is 6.36. The average molecular weight is 351 g/mol. The number of hydrogen-bond donors (Lipinski definition) is 1. The number of amides is 1. The van der Waals surface area contributed by atoms with Crippen molar-refractivity contribution in [3.05, 3.63) is 46.3 Å². The summed E-state index contributed by atoms with van der Waals surface area (Å²) in [5.74, 6) is 0.460. The molecule has 2 heterocycles. The number of nitrogens with one attached hydrogen (secondary N) is 1. The van der Waals surface area contributed by atoms with Crippen molar-refractivity contribution >= 4 is 40.6 Å². The van der Waals surface area contributed by atoms with E-state index >= 15 is 0 Å². The van der Waals surface area contributed by atoms with Gasteiger partial charge in [-0.3, -0.25) is 4.79 Å². The highest BCUT2D eigenvalue weighted by Crippen LogP contribution is 2.27. The van der Waals surface area contributed by atoms with Crippen LogP contribution in [0.25, 0.3) is 0 Å². The van der Waals surface area contributed by atoms with Gasteiger partial charge in [-0.15, -0.1) is 0 Å². The molecule has 0 radical (unpaired) electrons. The van der Waals surface area contributed by atoms with Gasteiger partial charge < -0.3 is 10.2 Å². The zero-order valence-electron chi connectivity index (χ0n) is 12.4. The predicted molar refractivity (Wildman–Crippen MR) is 91.5 cm³/mol. The van der Waals surface area contributed by atoms with Gasteiger partial charge in [0.15, 0.2) is 0 Å². The van der Waals surface area contributed by atoms with Crippen LogP contribution in [-0.4, -0.2) is 33.9 Å². The minimum atomic E-state index is -0.0580. The van der Waals surface area contributed by atoms with Gasteiger partial charge in [0.1, 0.15) is 17.8 Å². The molecule has 1 fully saturated rings. The van der Waals surface area contributed by atoms with Crippen LogP contribution in [0.5, 0.6) is 0 Å². The molecule has 1 aliphatic heterocycles. The highest BCUT2D eigenvalue weighted by atomic mass is 35.5. The van der Waals surface area contributed by atoms with Crippen molar-refractivity contribution in [3.63, 3.8) is 0 Å². The molecule has 1 N–H and O–H groups in total. The molecule has 120 valence electrons. The van der Waals surface area contributed by atoms with Gasteiger partial charge in [0.25, 0.3) is 5.91 Å². The molecular formula is C16H16Cl2N4O. The fraction of sp³-hybridized carbons (Fsp3) is 0.312. The minimum Gasteiger partial charge on any atom is -0.339 e. The Morgan fingerprint density at radius 1 is 1.09 bits per heavy atom. The average Bonchev–Trinajstić information content (AvgIpc) is 2.58. The quantitative estimate of drug-likeness (QED) is 0.902. The Hall–Kier alpha value is -1.85. The Bertz CT molecular complexity index is 717. The molecule has 0 unspecified atom stereocenters. The summed E-state index contributed by atoms with van der Waals surface area (Å²) in [7, 11) is 0. The summed E-state index contributed by atoms with van der Waals surface area (Å²) in [4.78, 5) is 22.6. The Balaban J connectivity index is 1.78. The summed E-state index contributed by atoms with van der Waals surface area (Å²) in [5.41, 5.74) is 1.06. The molecule has 0 aliphatic carbocycles. The number of anilines is 2. The summed E-state index contributed by atoms with van der Waals surface area (Å²) >= 11 is 12.0. The van der Waals surface area contributed by atoms with Crippen molar-refractivity contribution in [2.24, 2.45) is 0 Å². The van der Waals surface area contributed by atoms with Crippen LogP contribution < -0.4 is 5.32 Å². The Morgan fingerprint density at radius 2 is 1.87 bits per heavy atom. The molecule has 1 aromatic carbocycles. The lowest BCUT2D eigenvalue weighted by molar-refractivity contribution is 0.0718. The number of hydrogen-bond acceptors (Lipinski definition) is 4. The third kappa shape index (κ3) is 3.92. The van der Waals surface area contributed by atoms with E-state index in [1.807, 2.05) is 4.90 Å². The molecule has 3 rings (SSSR count). The van der Waals surface area contributed by atoms with Gasteiger partial charge in [-0.25, -0.2) is 9.97 Å². The molecule has 7 heteroatoms. The maximum Gasteiger partial charge on any atom is 0.272 e. The number of aromatic nitrogens is 2. The SMILES string of the molecule is O=C(c1cc(Nc2ccc(Cl)cc2Cl)ncn1)N1CCCCC1. The first-order chi connectivity index (χ1) is 11.1. The van der Waals surface area contributed by atoms with Crippen LogP contribution in [0.2, 0.25) is 10.0 Å². The maximum atomic E-state index is 12.5. The Morgan fingerprint density at radius 3 is 2.61 bits per heavy atom. The number of rotatable bonds is 3. The van der Waals surface area contributed by atoms with E-state index in [4.69, 9.17) is 23.2 Å². The first-order valence-corrected chi connectivity index (χ1v) is 8.22. The predicted octanol–water partition coefficient (Wildman–Crippen LogP) is 4.15. The Kier molecular flexibility index (Phi) is 4.98. The number of nitrogens with zero attached hydrogens (tertiary/aromatic N) is 3. The zero-order valence-corrected chi connectivity index (χ0v) is 13.9. The van der Waals surface area contributed by atoms with Crippen LogP contribution in [0.15, 0.2) is 30.6 Å². The second kappa shape index (κ2) is 7.15. The summed E-state index contributed by atoms with van der Waals surface area (Å²) < 4.78 is 0. The van der Waals surface area contributed by atoms with E-state index in [1.54, 1.807) is 24.3 Å². The van der Waals surface area contributed by atoms with E-state index < -0.39 is 0 Å². The molecule has 0 spiro atoms. The molecular weight excluding hydrogens is 335 g/mol. The van der Waals surface area contributed by atoms with E-state index in [2.05, 4.69) is 15.3 Å². The zero-order chi connectivity index (χ0) is 16.2. The number of halogens is 2. The summed E-state index contributed by atoms with van der Waals surface area (Å²) in [6.07, 6.45) is 4.64. The number of carbonyl (C=O) groups excluding carboxylic acids is 1. The third-order valence-electron chi connectivity index (χ3n) is 3.72.